The third-order valence-corrected chi connectivity index (χ3v) is 7.51. The molecule has 0 aliphatic carbocycles. The second kappa shape index (κ2) is 8.93. The molecule has 4 rings (SSSR count). The minimum Gasteiger partial charge on any atom is -0.383 e. The van der Waals surface area contributed by atoms with E-state index in [1.165, 1.54) is 28.7 Å². The zero-order valence-corrected chi connectivity index (χ0v) is 19.0. The molecule has 3 aromatic heterocycles. The van der Waals surface area contributed by atoms with E-state index in [9.17, 15) is 13.2 Å². The molecule has 5 nitrogen and oxygen atoms in total. The van der Waals surface area contributed by atoms with Gasteiger partial charge in [-0.05, 0) is 36.6 Å². The van der Waals surface area contributed by atoms with Crippen LogP contribution in [0.3, 0.4) is 0 Å². The number of nitrogens with two attached hydrogens (primary N) is 1. The summed E-state index contributed by atoms with van der Waals surface area (Å²) in [6.45, 7) is 0. The first kappa shape index (κ1) is 22.3. The van der Waals surface area contributed by atoms with Crippen LogP contribution in [-0.4, -0.2) is 22.1 Å². The largest absolute Gasteiger partial charge is 0.417 e. The van der Waals surface area contributed by atoms with Crippen LogP contribution in [0.25, 0.3) is 22.5 Å². The van der Waals surface area contributed by atoms with Gasteiger partial charge in [0.1, 0.15) is 5.84 Å². The average molecular weight is 492 g/mol. The Morgan fingerprint density at radius 2 is 1.88 bits per heavy atom. The number of nitrogens with one attached hydrogen (secondary N) is 2. The van der Waals surface area contributed by atoms with Crippen LogP contribution in [0.1, 0.15) is 10.4 Å². The van der Waals surface area contributed by atoms with Crippen molar-refractivity contribution in [2.75, 3.05) is 11.6 Å². The quantitative estimate of drug-likeness (QED) is 0.159. The van der Waals surface area contributed by atoms with E-state index < -0.39 is 11.7 Å². The Labute approximate surface area is 194 Å². The number of aromatic nitrogens is 2. The van der Waals surface area contributed by atoms with E-state index in [2.05, 4.69) is 15.3 Å². The van der Waals surface area contributed by atoms with Gasteiger partial charge in [-0.25, -0.2) is 4.98 Å². The number of hydrogen-bond acceptors (Lipinski definition) is 7. The van der Waals surface area contributed by atoms with Crippen molar-refractivity contribution < 1.29 is 13.2 Å². The first-order valence-corrected chi connectivity index (χ1v) is 12.1. The number of nitrogens with zero attached hydrogens (tertiary/aromatic N) is 2. The average Bonchev–Trinajstić information content (AvgIpc) is 3.40. The summed E-state index contributed by atoms with van der Waals surface area (Å²) in [6, 6.07) is 11.5. The predicted molar refractivity (Wildman–Crippen MR) is 126 cm³/mol. The van der Waals surface area contributed by atoms with Crippen LogP contribution >= 0.6 is 34.4 Å². The van der Waals surface area contributed by atoms with Gasteiger partial charge in [-0.3, -0.25) is 10.4 Å². The molecule has 0 fully saturated rings. The van der Waals surface area contributed by atoms with Crippen LogP contribution in [0.4, 0.5) is 24.0 Å². The van der Waals surface area contributed by atoms with Crippen molar-refractivity contribution in [2.45, 2.75) is 10.4 Å². The molecular formula is C21H16F3N5S3. The normalized spacial score (nSPS) is 11.5. The SMILES string of the molecule is CSc1sc(C(=N)N)cc1-c1csc(Nc2ccc(-c3ccc(C(F)(F)F)cn3)cc2)n1. The monoisotopic (exact) mass is 491 g/mol. The molecule has 1 aromatic carbocycles. The van der Waals surface area contributed by atoms with Crippen LogP contribution in [-0.2, 0) is 6.18 Å². The van der Waals surface area contributed by atoms with Gasteiger partial charge < -0.3 is 11.1 Å². The van der Waals surface area contributed by atoms with Gasteiger partial charge in [0.05, 0.1) is 26.0 Å². The molecule has 4 N–H and O–H groups in total. The van der Waals surface area contributed by atoms with Crippen molar-refractivity contribution in [1.82, 2.24) is 9.97 Å². The lowest BCUT2D eigenvalue weighted by Gasteiger charge is -2.08. The molecule has 0 unspecified atom stereocenters. The maximum Gasteiger partial charge on any atom is 0.417 e. The number of anilines is 2. The fraction of sp³-hybridized carbons (Fsp3) is 0.0952. The van der Waals surface area contributed by atoms with Gasteiger partial charge in [-0.15, -0.1) is 34.4 Å². The van der Waals surface area contributed by atoms with Crippen molar-refractivity contribution in [3.63, 3.8) is 0 Å². The molecule has 0 spiro atoms. The van der Waals surface area contributed by atoms with E-state index in [1.807, 2.05) is 29.8 Å². The number of thiophene rings is 1. The summed E-state index contributed by atoms with van der Waals surface area (Å²) < 4.78 is 39.1. The zero-order valence-electron chi connectivity index (χ0n) is 16.5. The summed E-state index contributed by atoms with van der Waals surface area (Å²) in [7, 11) is 0. The van der Waals surface area contributed by atoms with Crippen molar-refractivity contribution in [1.29, 1.82) is 5.41 Å². The van der Waals surface area contributed by atoms with Gasteiger partial charge >= 0.3 is 6.18 Å². The van der Waals surface area contributed by atoms with Crippen LogP contribution in [0.5, 0.6) is 0 Å². The number of thioether (sulfide) groups is 1. The van der Waals surface area contributed by atoms with Gasteiger partial charge in [0.2, 0.25) is 0 Å². The summed E-state index contributed by atoms with van der Waals surface area (Å²) >= 11 is 4.50. The van der Waals surface area contributed by atoms with E-state index in [0.717, 1.165) is 33.4 Å². The van der Waals surface area contributed by atoms with Crippen molar-refractivity contribution in [3.8, 4) is 22.5 Å². The zero-order chi connectivity index (χ0) is 22.9. The number of nitrogen functional groups attached to an aromatic ring is 1. The summed E-state index contributed by atoms with van der Waals surface area (Å²) in [4.78, 5) is 9.27. The van der Waals surface area contributed by atoms with Crippen LogP contribution < -0.4 is 11.1 Å². The van der Waals surface area contributed by atoms with E-state index in [1.54, 1.807) is 23.9 Å². The summed E-state index contributed by atoms with van der Waals surface area (Å²) in [5.74, 6) is 0.0350. The number of benzene rings is 1. The molecule has 0 radical (unpaired) electrons. The van der Waals surface area contributed by atoms with Crippen molar-refractivity contribution >= 4 is 51.1 Å². The maximum atomic E-state index is 12.7. The third-order valence-electron chi connectivity index (χ3n) is 4.45. The van der Waals surface area contributed by atoms with E-state index in [-0.39, 0.29) is 5.84 Å². The highest BCUT2D eigenvalue weighted by molar-refractivity contribution is 8.00. The lowest BCUT2D eigenvalue weighted by molar-refractivity contribution is -0.137. The van der Waals surface area contributed by atoms with Crippen LogP contribution in [0.15, 0.2) is 58.3 Å². The van der Waals surface area contributed by atoms with E-state index in [0.29, 0.717) is 21.3 Å². The fourth-order valence-corrected chi connectivity index (χ4v) is 5.35. The van der Waals surface area contributed by atoms with Crippen molar-refractivity contribution in [2.24, 2.45) is 5.73 Å². The third kappa shape index (κ3) is 4.79. The molecular weight excluding hydrogens is 475 g/mol. The topological polar surface area (TPSA) is 87.7 Å². The van der Waals surface area contributed by atoms with Crippen molar-refractivity contribution in [3.05, 3.63) is 64.5 Å². The molecule has 164 valence electrons. The minimum absolute atomic E-state index is 0.0350. The highest BCUT2D eigenvalue weighted by Crippen LogP contribution is 2.39. The number of thiazole rings is 1. The lowest BCUT2D eigenvalue weighted by atomic mass is 10.1. The second-order valence-corrected chi connectivity index (χ2v) is 9.58. The molecule has 0 aliphatic rings. The number of hydrogen-bond donors (Lipinski definition) is 3. The highest BCUT2D eigenvalue weighted by Gasteiger charge is 2.30. The van der Waals surface area contributed by atoms with E-state index in [4.69, 9.17) is 11.1 Å². The fourth-order valence-electron chi connectivity index (χ4n) is 2.87. The maximum absolute atomic E-state index is 12.7. The molecule has 0 saturated heterocycles. The molecule has 3 heterocycles. The number of pyridine rings is 1. The Bertz CT molecular complexity index is 1250. The highest BCUT2D eigenvalue weighted by atomic mass is 32.2. The van der Waals surface area contributed by atoms with Crippen LogP contribution in [0.2, 0.25) is 0 Å². The number of alkyl halides is 3. The standard InChI is InChI=1S/C21H16F3N5S3/c1-30-19-14(8-17(32-19)18(25)26)16-10-31-20(29-16)28-13-5-2-11(3-6-13)15-7-4-12(9-27-15)21(22,23)24/h2-10H,1H3,(H3,25,26)(H,28,29). The second-order valence-electron chi connectivity index (χ2n) is 6.60. The van der Waals surface area contributed by atoms with E-state index >= 15 is 0 Å². The van der Waals surface area contributed by atoms with Gasteiger partial charge in [-0.2, -0.15) is 13.2 Å². The number of rotatable bonds is 6. The number of halogens is 3. The summed E-state index contributed by atoms with van der Waals surface area (Å²) in [5.41, 5.74) is 8.56. The Morgan fingerprint density at radius 1 is 1.12 bits per heavy atom. The molecule has 0 bridgehead atoms. The summed E-state index contributed by atoms with van der Waals surface area (Å²) in [6.07, 6.45) is -1.60. The lowest BCUT2D eigenvalue weighted by Crippen LogP contribution is -2.08. The number of amidine groups is 1. The van der Waals surface area contributed by atoms with Gasteiger partial charge in [-0.1, -0.05) is 12.1 Å². The predicted octanol–water partition coefficient (Wildman–Crippen LogP) is 6.70. The first-order valence-electron chi connectivity index (χ1n) is 9.13. The first-order chi connectivity index (χ1) is 15.2. The Morgan fingerprint density at radius 3 is 2.47 bits per heavy atom. The minimum atomic E-state index is -4.40. The van der Waals surface area contributed by atoms with Crippen LogP contribution in [0, 0.1) is 5.41 Å². The molecule has 0 saturated carbocycles. The molecule has 0 aliphatic heterocycles. The van der Waals surface area contributed by atoms with Gasteiger partial charge in [0.15, 0.2) is 5.13 Å². The molecule has 0 atom stereocenters. The van der Waals surface area contributed by atoms with Gasteiger partial charge in [0, 0.05) is 28.4 Å². The van der Waals surface area contributed by atoms with Gasteiger partial charge in [0.25, 0.3) is 0 Å². The Kier molecular flexibility index (Phi) is 6.22. The molecule has 11 heteroatoms. The summed E-state index contributed by atoms with van der Waals surface area (Å²) in [5, 5.41) is 13.5. The molecule has 4 aromatic rings. The Hall–Kier alpha value is -2.89. The smallest absolute Gasteiger partial charge is 0.383 e. The molecule has 32 heavy (non-hydrogen) atoms. The molecule has 0 amide bonds. The Balaban J connectivity index is 1.49.